The normalized spacial score (nSPS) is 10.1. The molecule has 2 rings (SSSR count). The van der Waals surface area contributed by atoms with Crippen LogP contribution in [-0.4, -0.2) is 6.29 Å². The molecule has 0 radical (unpaired) electrons. The fourth-order valence-electron chi connectivity index (χ4n) is 1.63. The second-order valence-corrected chi connectivity index (χ2v) is 3.73. The molecule has 0 amide bonds. The molecule has 0 saturated carbocycles. The zero-order valence-electron chi connectivity index (χ0n) is 8.91. The summed E-state index contributed by atoms with van der Waals surface area (Å²) >= 11 is 0. The Balaban J connectivity index is 2.53. The summed E-state index contributed by atoms with van der Waals surface area (Å²) in [6.45, 7) is 1.84. The maximum Gasteiger partial charge on any atom is 0.150 e. The molecule has 2 heteroatoms. The first kappa shape index (κ1) is 10.6. The Hall–Kier alpha value is -1.96. The third-order valence-electron chi connectivity index (χ3n) is 2.46. The predicted octanol–water partition coefficient (Wildman–Crippen LogP) is 3.61. The van der Waals surface area contributed by atoms with E-state index in [-0.39, 0.29) is 5.82 Å². The van der Waals surface area contributed by atoms with Crippen molar-refractivity contribution in [3.8, 4) is 11.1 Å². The average Bonchev–Trinajstić information content (AvgIpc) is 2.29. The Morgan fingerprint density at radius 1 is 1.12 bits per heavy atom. The van der Waals surface area contributed by atoms with E-state index in [0.717, 1.165) is 17.4 Å². The monoisotopic (exact) mass is 214 g/mol. The van der Waals surface area contributed by atoms with Gasteiger partial charge in [0, 0.05) is 11.1 Å². The summed E-state index contributed by atoms with van der Waals surface area (Å²) in [5, 5.41) is 0. The van der Waals surface area contributed by atoms with Gasteiger partial charge in [-0.05, 0) is 30.2 Å². The molecule has 80 valence electrons. The van der Waals surface area contributed by atoms with Gasteiger partial charge in [-0.2, -0.15) is 0 Å². The van der Waals surface area contributed by atoms with E-state index in [1.165, 1.54) is 6.07 Å². The molecule has 2 aromatic rings. The molecule has 0 heterocycles. The average molecular weight is 214 g/mol. The molecule has 0 atom stereocenters. The van der Waals surface area contributed by atoms with Gasteiger partial charge in [0.2, 0.25) is 0 Å². The SMILES string of the molecule is Cc1ccc(-c2cccc(C=O)c2)c(F)c1. The lowest BCUT2D eigenvalue weighted by Gasteiger charge is -2.04. The molecule has 0 aliphatic heterocycles. The van der Waals surface area contributed by atoms with Crippen LogP contribution >= 0.6 is 0 Å². The van der Waals surface area contributed by atoms with E-state index in [2.05, 4.69) is 0 Å². The summed E-state index contributed by atoms with van der Waals surface area (Å²) < 4.78 is 13.7. The summed E-state index contributed by atoms with van der Waals surface area (Å²) in [5.41, 5.74) is 2.68. The smallest absolute Gasteiger partial charge is 0.150 e. The first-order valence-corrected chi connectivity index (χ1v) is 5.02. The summed E-state index contributed by atoms with van der Waals surface area (Å²) in [6.07, 6.45) is 0.760. The van der Waals surface area contributed by atoms with E-state index in [9.17, 15) is 9.18 Å². The molecule has 0 spiro atoms. The Labute approximate surface area is 93.5 Å². The molecule has 0 bridgehead atoms. The Morgan fingerprint density at radius 3 is 2.62 bits per heavy atom. The fraction of sp³-hybridized carbons (Fsp3) is 0.0714. The van der Waals surface area contributed by atoms with Crippen LogP contribution in [0.25, 0.3) is 11.1 Å². The van der Waals surface area contributed by atoms with Crippen LogP contribution in [0.3, 0.4) is 0 Å². The lowest BCUT2D eigenvalue weighted by molar-refractivity contribution is 0.112. The number of hydrogen-bond acceptors (Lipinski definition) is 1. The minimum Gasteiger partial charge on any atom is -0.298 e. The van der Waals surface area contributed by atoms with E-state index in [1.807, 2.05) is 13.0 Å². The van der Waals surface area contributed by atoms with Gasteiger partial charge < -0.3 is 0 Å². The number of carbonyl (C=O) groups is 1. The predicted molar refractivity (Wildman–Crippen MR) is 62.0 cm³/mol. The van der Waals surface area contributed by atoms with Gasteiger partial charge in [0.1, 0.15) is 12.1 Å². The number of carbonyl (C=O) groups excluding carboxylic acids is 1. The molecule has 0 N–H and O–H groups in total. The number of halogens is 1. The third-order valence-corrected chi connectivity index (χ3v) is 2.46. The zero-order valence-corrected chi connectivity index (χ0v) is 8.91. The van der Waals surface area contributed by atoms with Gasteiger partial charge in [0.05, 0.1) is 0 Å². The molecule has 0 fully saturated rings. The molecule has 0 saturated heterocycles. The van der Waals surface area contributed by atoms with Crippen LogP contribution in [0.5, 0.6) is 0 Å². The molecular formula is C14H11FO. The van der Waals surface area contributed by atoms with Crippen LogP contribution in [0.2, 0.25) is 0 Å². The quantitative estimate of drug-likeness (QED) is 0.698. The standard InChI is InChI=1S/C14H11FO/c1-10-5-6-13(14(15)7-10)12-4-2-3-11(8-12)9-16/h2-9H,1H3. The summed E-state index contributed by atoms with van der Waals surface area (Å²) in [7, 11) is 0. The van der Waals surface area contributed by atoms with Crippen molar-refractivity contribution >= 4 is 6.29 Å². The van der Waals surface area contributed by atoms with Gasteiger partial charge >= 0.3 is 0 Å². The second-order valence-electron chi connectivity index (χ2n) is 3.73. The van der Waals surface area contributed by atoms with Crippen molar-refractivity contribution in [2.45, 2.75) is 6.92 Å². The van der Waals surface area contributed by atoms with Crippen molar-refractivity contribution < 1.29 is 9.18 Å². The number of benzene rings is 2. The highest BCUT2D eigenvalue weighted by Gasteiger charge is 2.05. The van der Waals surface area contributed by atoms with E-state index in [4.69, 9.17) is 0 Å². The Kier molecular flexibility index (Phi) is 2.82. The van der Waals surface area contributed by atoms with E-state index in [1.54, 1.807) is 30.3 Å². The minimum atomic E-state index is -0.261. The second kappa shape index (κ2) is 4.27. The van der Waals surface area contributed by atoms with E-state index in [0.29, 0.717) is 11.1 Å². The van der Waals surface area contributed by atoms with Gasteiger partial charge in [-0.15, -0.1) is 0 Å². The van der Waals surface area contributed by atoms with Gasteiger partial charge in [0.15, 0.2) is 0 Å². The molecular weight excluding hydrogens is 203 g/mol. The van der Waals surface area contributed by atoms with Crippen molar-refractivity contribution in [3.63, 3.8) is 0 Å². The van der Waals surface area contributed by atoms with Crippen molar-refractivity contribution in [2.75, 3.05) is 0 Å². The molecule has 0 aliphatic carbocycles. The van der Waals surface area contributed by atoms with Gasteiger partial charge in [-0.1, -0.05) is 30.3 Å². The van der Waals surface area contributed by atoms with E-state index < -0.39 is 0 Å². The molecule has 0 aromatic heterocycles. The van der Waals surface area contributed by atoms with Crippen molar-refractivity contribution in [1.29, 1.82) is 0 Å². The first-order chi connectivity index (χ1) is 7.70. The highest BCUT2D eigenvalue weighted by Crippen LogP contribution is 2.23. The molecule has 0 unspecified atom stereocenters. The number of rotatable bonds is 2. The molecule has 0 aliphatic rings. The Morgan fingerprint density at radius 2 is 1.94 bits per heavy atom. The minimum absolute atomic E-state index is 0.261. The largest absolute Gasteiger partial charge is 0.298 e. The number of hydrogen-bond donors (Lipinski definition) is 0. The zero-order chi connectivity index (χ0) is 11.5. The van der Waals surface area contributed by atoms with Gasteiger partial charge in [-0.25, -0.2) is 4.39 Å². The van der Waals surface area contributed by atoms with Crippen LogP contribution in [0.15, 0.2) is 42.5 Å². The summed E-state index contributed by atoms with van der Waals surface area (Å²) in [6, 6.07) is 12.0. The fourth-order valence-corrected chi connectivity index (χ4v) is 1.63. The van der Waals surface area contributed by atoms with Crippen LogP contribution in [0.1, 0.15) is 15.9 Å². The summed E-state index contributed by atoms with van der Waals surface area (Å²) in [4.78, 5) is 10.6. The molecule has 16 heavy (non-hydrogen) atoms. The van der Waals surface area contributed by atoms with Crippen LogP contribution in [0, 0.1) is 12.7 Å². The molecule has 2 aromatic carbocycles. The van der Waals surface area contributed by atoms with Crippen LogP contribution in [0.4, 0.5) is 4.39 Å². The Bertz CT molecular complexity index is 532. The topological polar surface area (TPSA) is 17.1 Å². The van der Waals surface area contributed by atoms with Gasteiger partial charge in [0.25, 0.3) is 0 Å². The lowest BCUT2D eigenvalue weighted by atomic mass is 10.0. The molecule has 1 nitrogen and oxygen atoms in total. The highest BCUT2D eigenvalue weighted by atomic mass is 19.1. The maximum atomic E-state index is 13.7. The number of aryl methyl sites for hydroxylation is 1. The van der Waals surface area contributed by atoms with Crippen molar-refractivity contribution in [3.05, 3.63) is 59.4 Å². The maximum absolute atomic E-state index is 13.7. The summed E-state index contributed by atoms with van der Waals surface area (Å²) in [5.74, 6) is -0.261. The van der Waals surface area contributed by atoms with Crippen molar-refractivity contribution in [2.24, 2.45) is 0 Å². The van der Waals surface area contributed by atoms with Crippen molar-refractivity contribution in [1.82, 2.24) is 0 Å². The van der Waals surface area contributed by atoms with Crippen LogP contribution < -0.4 is 0 Å². The number of aldehydes is 1. The highest BCUT2D eigenvalue weighted by molar-refractivity contribution is 5.79. The van der Waals surface area contributed by atoms with Crippen LogP contribution in [-0.2, 0) is 0 Å². The third kappa shape index (κ3) is 2.01. The van der Waals surface area contributed by atoms with E-state index >= 15 is 0 Å². The lowest BCUT2D eigenvalue weighted by Crippen LogP contribution is -1.87. The van der Waals surface area contributed by atoms with Gasteiger partial charge in [-0.3, -0.25) is 4.79 Å². The first-order valence-electron chi connectivity index (χ1n) is 5.02.